The molecular formula is C11H16O2. The Morgan fingerprint density at radius 2 is 2.08 bits per heavy atom. The number of ether oxygens (including phenoxy) is 1. The van der Waals surface area contributed by atoms with Gasteiger partial charge in [0.05, 0.1) is 6.10 Å². The second-order valence-electron chi connectivity index (χ2n) is 4.32. The molecule has 13 heavy (non-hydrogen) atoms. The van der Waals surface area contributed by atoms with Gasteiger partial charge >= 0.3 is 0 Å². The molecule has 2 aliphatic rings. The van der Waals surface area contributed by atoms with E-state index in [0.717, 1.165) is 25.0 Å². The van der Waals surface area contributed by atoms with Crippen molar-refractivity contribution in [1.29, 1.82) is 0 Å². The third-order valence-corrected chi connectivity index (χ3v) is 2.89. The Morgan fingerprint density at radius 1 is 1.38 bits per heavy atom. The number of hydrogen-bond donors (Lipinski definition) is 0. The molecule has 0 aromatic rings. The molecule has 0 spiro atoms. The third-order valence-electron chi connectivity index (χ3n) is 2.89. The quantitative estimate of drug-likeness (QED) is 0.651. The van der Waals surface area contributed by atoms with E-state index in [1.165, 1.54) is 0 Å². The molecule has 0 aromatic carbocycles. The lowest BCUT2D eigenvalue weighted by Crippen LogP contribution is -2.19. The van der Waals surface area contributed by atoms with E-state index in [9.17, 15) is 4.79 Å². The van der Waals surface area contributed by atoms with E-state index >= 15 is 0 Å². The van der Waals surface area contributed by atoms with E-state index in [0.29, 0.717) is 11.8 Å². The highest BCUT2D eigenvalue weighted by molar-refractivity contribution is 5.93. The molecule has 1 fully saturated rings. The summed E-state index contributed by atoms with van der Waals surface area (Å²) < 4.78 is 5.63. The van der Waals surface area contributed by atoms with Crippen molar-refractivity contribution in [2.24, 2.45) is 11.8 Å². The lowest BCUT2D eigenvalue weighted by molar-refractivity contribution is -0.118. The predicted octanol–water partition coefficient (Wildman–Crippen LogP) is 2.29. The molecule has 0 aromatic heterocycles. The number of allylic oxidation sites excluding steroid dienone is 2. The maximum atomic E-state index is 11.5. The first-order valence-electron chi connectivity index (χ1n) is 5.09. The average molecular weight is 180 g/mol. The van der Waals surface area contributed by atoms with Crippen LogP contribution in [0.25, 0.3) is 0 Å². The maximum absolute atomic E-state index is 11.5. The molecule has 2 nitrogen and oxygen atoms in total. The molecule has 0 radical (unpaired) electrons. The summed E-state index contributed by atoms with van der Waals surface area (Å²) in [5.74, 6) is 2.06. The zero-order valence-electron chi connectivity index (χ0n) is 8.25. The van der Waals surface area contributed by atoms with Gasteiger partial charge in [-0.05, 0) is 33.1 Å². The van der Waals surface area contributed by atoms with Crippen molar-refractivity contribution in [3.05, 3.63) is 11.8 Å². The number of ketones is 1. The Bertz CT molecular complexity index is 253. The Balaban J connectivity index is 2.13. The normalized spacial score (nSPS) is 32.2. The Kier molecular flexibility index (Phi) is 2.14. The molecule has 2 heteroatoms. The third kappa shape index (κ3) is 1.62. The van der Waals surface area contributed by atoms with Crippen LogP contribution in [-0.4, -0.2) is 11.9 Å². The molecular weight excluding hydrogens is 164 g/mol. The lowest BCUT2D eigenvalue weighted by Gasteiger charge is -2.22. The molecule has 0 aliphatic heterocycles. The standard InChI is InChI=1S/C11H16O2/c1-7(2)13-11-6-10(12)8-3-4-9(11)5-8/h6-9H,3-5H2,1-2H3. The minimum atomic E-state index is 0.191. The molecule has 2 aliphatic carbocycles. The van der Waals surface area contributed by atoms with Crippen LogP contribution in [0.3, 0.4) is 0 Å². The summed E-state index contributed by atoms with van der Waals surface area (Å²) >= 11 is 0. The zero-order valence-corrected chi connectivity index (χ0v) is 8.25. The molecule has 2 unspecified atom stereocenters. The van der Waals surface area contributed by atoms with Crippen molar-refractivity contribution in [1.82, 2.24) is 0 Å². The summed E-state index contributed by atoms with van der Waals surface area (Å²) in [5, 5.41) is 0. The van der Waals surface area contributed by atoms with Gasteiger partial charge in [0.2, 0.25) is 0 Å². The van der Waals surface area contributed by atoms with Gasteiger partial charge in [-0.2, -0.15) is 0 Å². The van der Waals surface area contributed by atoms with Crippen LogP contribution in [0.5, 0.6) is 0 Å². The fraction of sp³-hybridized carbons (Fsp3) is 0.727. The van der Waals surface area contributed by atoms with Crippen molar-refractivity contribution in [2.75, 3.05) is 0 Å². The Hall–Kier alpha value is -0.790. The van der Waals surface area contributed by atoms with Crippen LogP contribution in [0.15, 0.2) is 11.8 Å². The molecule has 2 bridgehead atoms. The zero-order chi connectivity index (χ0) is 9.42. The van der Waals surface area contributed by atoms with E-state index < -0.39 is 0 Å². The van der Waals surface area contributed by atoms with Gasteiger partial charge in [-0.3, -0.25) is 4.79 Å². The fourth-order valence-corrected chi connectivity index (χ4v) is 2.28. The largest absolute Gasteiger partial charge is 0.495 e. The summed E-state index contributed by atoms with van der Waals surface area (Å²) in [6.07, 6.45) is 5.14. The molecule has 2 rings (SSSR count). The summed E-state index contributed by atoms with van der Waals surface area (Å²) in [6, 6.07) is 0. The van der Waals surface area contributed by atoms with Gasteiger partial charge in [0.15, 0.2) is 5.78 Å². The first-order valence-corrected chi connectivity index (χ1v) is 5.09. The molecule has 0 amide bonds. The van der Waals surface area contributed by atoms with Crippen LogP contribution in [0.2, 0.25) is 0 Å². The van der Waals surface area contributed by atoms with E-state index in [1.807, 2.05) is 13.8 Å². The van der Waals surface area contributed by atoms with Gasteiger partial charge in [0.25, 0.3) is 0 Å². The molecule has 0 heterocycles. The highest BCUT2D eigenvalue weighted by atomic mass is 16.5. The van der Waals surface area contributed by atoms with Crippen LogP contribution >= 0.6 is 0 Å². The highest BCUT2D eigenvalue weighted by Crippen LogP contribution is 2.40. The number of rotatable bonds is 2. The van der Waals surface area contributed by atoms with Gasteiger partial charge in [-0.25, -0.2) is 0 Å². The number of carbonyl (C=O) groups is 1. The van der Waals surface area contributed by atoms with Crippen molar-refractivity contribution < 1.29 is 9.53 Å². The average Bonchev–Trinajstić information content (AvgIpc) is 2.44. The van der Waals surface area contributed by atoms with Crippen molar-refractivity contribution in [3.63, 3.8) is 0 Å². The number of hydrogen-bond acceptors (Lipinski definition) is 2. The molecule has 1 saturated carbocycles. The van der Waals surface area contributed by atoms with Crippen molar-refractivity contribution in [2.45, 2.75) is 39.2 Å². The van der Waals surface area contributed by atoms with Gasteiger partial charge in [-0.1, -0.05) is 0 Å². The van der Waals surface area contributed by atoms with Crippen LogP contribution in [0.1, 0.15) is 33.1 Å². The van der Waals surface area contributed by atoms with E-state index in [4.69, 9.17) is 4.74 Å². The van der Waals surface area contributed by atoms with Gasteiger partial charge in [0.1, 0.15) is 5.76 Å². The Morgan fingerprint density at radius 3 is 2.77 bits per heavy atom. The topological polar surface area (TPSA) is 26.3 Å². The van der Waals surface area contributed by atoms with E-state index in [2.05, 4.69) is 0 Å². The second-order valence-corrected chi connectivity index (χ2v) is 4.32. The molecule has 0 saturated heterocycles. The number of fused-ring (bicyclic) bond motifs is 2. The van der Waals surface area contributed by atoms with Crippen LogP contribution in [0.4, 0.5) is 0 Å². The SMILES string of the molecule is CC(C)OC1=CC(=O)C2CCC1C2. The van der Waals surface area contributed by atoms with Crippen molar-refractivity contribution in [3.8, 4) is 0 Å². The smallest absolute Gasteiger partial charge is 0.162 e. The molecule has 2 atom stereocenters. The second kappa shape index (κ2) is 3.17. The van der Waals surface area contributed by atoms with Crippen molar-refractivity contribution >= 4 is 5.78 Å². The van der Waals surface area contributed by atoms with Gasteiger partial charge < -0.3 is 4.74 Å². The Labute approximate surface area is 79.0 Å². The van der Waals surface area contributed by atoms with E-state index in [1.54, 1.807) is 6.08 Å². The number of carbonyl (C=O) groups excluding carboxylic acids is 1. The summed E-state index contributed by atoms with van der Waals surface area (Å²) in [7, 11) is 0. The van der Waals surface area contributed by atoms with Crippen LogP contribution in [-0.2, 0) is 9.53 Å². The van der Waals surface area contributed by atoms with Crippen LogP contribution in [0, 0.1) is 11.8 Å². The minimum Gasteiger partial charge on any atom is -0.495 e. The first kappa shape index (κ1) is 8.79. The molecule has 72 valence electrons. The predicted molar refractivity (Wildman–Crippen MR) is 50.1 cm³/mol. The molecule has 0 N–H and O–H groups in total. The van der Waals surface area contributed by atoms with Crippen LogP contribution < -0.4 is 0 Å². The lowest BCUT2D eigenvalue weighted by atomic mass is 9.93. The highest BCUT2D eigenvalue weighted by Gasteiger charge is 2.36. The summed E-state index contributed by atoms with van der Waals surface area (Å²) in [6.45, 7) is 4.01. The fourth-order valence-electron chi connectivity index (χ4n) is 2.28. The van der Waals surface area contributed by atoms with Gasteiger partial charge in [-0.15, -0.1) is 0 Å². The first-order chi connectivity index (χ1) is 6.16. The van der Waals surface area contributed by atoms with E-state index in [-0.39, 0.29) is 11.9 Å². The minimum absolute atomic E-state index is 0.191. The monoisotopic (exact) mass is 180 g/mol. The maximum Gasteiger partial charge on any atom is 0.162 e. The van der Waals surface area contributed by atoms with Gasteiger partial charge in [0, 0.05) is 17.9 Å². The summed E-state index contributed by atoms with van der Waals surface area (Å²) in [5.41, 5.74) is 0. The summed E-state index contributed by atoms with van der Waals surface area (Å²) in [4.78, 5) is 11.5.